The molecule has 2 aromatic rings. The maximum absolute atomic E-state index is 12.8. The number of sulfonamides is 1. The van der Waals surface area contributed by atoms with Crippen molar-refractivity contribution in [1.29, 1.82) is 0 Å². The van der Waals surface area contributed by atoms with E-state index in [9.17, 15) is 13.2 Å². The molecule has 1 fully saturated rings. The highest BCUT2D eigenvalue weighted by atomic mass is 32.2. The molecule has 0 radical (unpaired) electrons. The number of nitrogens with one attached hydrogen (secondary N) is 1. The third-order valence-electron chi connectivity index (χ3n) is 5.24. The lowest BCUT2D eigenvalue weighted by molar-refractivity contribution is 0.552. The van der Waals surface area contributed by atoms with E-state index >= 15 is 0 Å². The second kappa shape index (κ2) is 7.04. The highest BCUT2D eigenvalue weighted by Gasteiger charge is 2.23. The van der Waals surface area contributed by atoms with Crippen LogP contribution in [-0.4, -0.2) is 23.8 Å². The summed E-state index contributed by atoms with van der Waals surface area (Å²) >= 11 is 0. The van der Waals surface area contributed by atoms with Crippen molar-refractivity contribution in [3.05, 3.63) is 45.9 Å². The molecule has 0 spiro atoms. The molecule has 1 aliphatic carbocycles. The lowest BCUT2D eigenvalue weighted by Crippen LogP contribution is -2.32. The quantitative estimate of drug-likeness (QED) is 0.871. The van der Waals surface area contributed by atoms with Crippen molar-refractivity contribution in [3.63, 3.8) is 0 Å². The average molecular weight is 378 g/mol. The van der Waals surface area contributed by atoms with Crippen LogP contribution >= 0.6 is 0 Å². The molecule has 0 unspecified atom stereocenters. The number of hydrogen-bond acceptors (Lipinski definition) is 3. The summed E-state index contributed by atoms with van der Waals surface area (Å²) in [5.41, 5.74) is 2.31. The maximum atomic E-state index is 12.8. The maximum Gasteiger partial charge on any atom is 0.275 e. The number of nitrogens with zero attached hydrogens (tertiary/aromatic N) is 2. The molecular formula is C19H27N3O3S. The molecule has 142 valence electrons. The van der Waals surface area contributed by atoms with E-state index in [-0.39, 0.29) is 22.4 Å². The molecule has 0 atom stereocenters. The van der Waals surface area contributed by atoms with E-state index in [1.165, 1.54) is 0 Å². The van der Waals surface area contributed by atoms with E-state index in [1.807, 2.05) is 32.5 Å². The first-order chi connectivity index (χ1) is 12.2. The van der Waals surface area contributed by atoms with Gasteiger partial charge in [-0.15, -0.1) is 0 Å². The number of hydrogen-bond donors (Lipinski definition) is 1. The summed E-state index contributed by atoms with van der Waals surface area (Å²) in [5, 5.41) is 0. The molecule has 3 rings (SSSR count). The lowest BCUT2D eigenvalue weighted by atomic mass is 10.0. The van der Waals surface area contributed by atoms with Crippen molar-refractivity contribution in [1.82, 2.24) is 14.1 Å². The van der Waals surface area contributed by atoms with Crippen LogP contribution in [0.1, 0.15) is 56.7 Å². The average Bonchev–Trinajstić information content (AvgIpc) is 3.14. The highest BCUT2D eigenvalue weighted by molar-refractivity contribution is 7.89. The molecule has 0 saturated heterocycles. The molecule has 1 aromatic carbocycles. The van der Waals surface area contributed by atoms with Crippen LogP contribution in [-0.2, 0) is 17.1 Å². The van der Waals surface area contributed by atoms with E-state index < -0.39 is 10.0 Å². The predicted octanol–water partition coefficient (Wildman–Crippen LogP) is 2.83. The van der Waals surface area contributed by atoms with E-state index in [2.05, 4.69) is 4.72 Å². The molecule has 0 bridgehead atoms. The Balaban J connectivity index is 1.93. The summed E-state index contributed by atoms with van der Waals surface area (Å²) < 4.78 is 31.3. The van der Waals surface area contributed by atoms with Crippen LogP contribution in [0.25, 0.3) is 5.69 Å². The Kier molecular flexibility index (Phi) is 5.12. The number of aromatic nitrogens is 2. The summed E-state index contributed by atoms with van der Waals surface area (Å²) in [5.74, 6) is 0.130. The molecule has 1 aromatic heterocycles. The van der Waals surface area contributed by atoms with Crippen LogP contribution in [0.4, 0.5) is 0 Å². The monoisotopic (exact) mass is 377 g/mol. The van der Waals surface area contributed by atoms with Gasteiger partial charge < -0.3 is 0 Å². The van der Waals surface area contributed by atoms with Crippen LogP contribution in [0.5, 0.6) is 0 Å². The van der Waals surface area contributed by atoms with Crippen molar-refractivity contribution in [2.24, 2.45) is 7.05 Å². The predicted molar refractivity (Wildman–Crippen MR) is 102 cm³/mol. The summed E-state index contributed by atoms with van der Waals surface area (Å²) in [4.78, 5) is 13.0. The fraction of sp³-hybridized carbons (Fsp3) is 0.526. The van der Waals surface area contributed by atoms with E-state index in [4.69, 9.17) is 0 Å². The molecular weight excluding hydrogens is 350 g/mol. The Morgan fingerprint density at radius 3 is 2.19 bits per heavy atom. The van der Waals surface area contributed by atoms with Gasteiger partial charge in [0.15, 0.2) is 0 Å². The van der Waals surface area contributed by atoms with Gasteiger partial charge in [-0.3, -0.25) is 9.48 Å². The normalized spacial score (nSPS) is 15.9. The standard InChI is InChI=1S/C19H27N3O3S/c1-13(2)18-14(3)21(4)22(19(18)23)16-9-11-17(12-10-16)26(24,25)20-15-7-5-6-8-15/h9-13,15,20H,5-8H2,1-4H3. The summed E-state index contributed by atoms with van der Waals surface area (Å²) in [7, 11) is -1.68. The van der Waals surface area contributed by atoms with Gasteiger partial charge in [-0.1, -0.05) is 26.7 Å². The Morgan fingerprint density at radius 1 is 1.12 bits per heavy atom. The molecule has 1 aliphatic rings. The minimum atomic E-state index is -3.52. The van der Waals surface area contributed by atoms with Gasteiger partial charge in [-0.2, -0.15) is 0 Å². The second-order valence-corrected chi connectivity index (χ2v) is 9.10. The Labute approximate surface area is 154 Å². The van der Waals surface area contributed by atoms with Crippen molar-refractivity contribution in [2.45, 2.75) is 63.3 Å². The van der Waals surface area contributed by atoms with Gasteiger partial charge >= 0.3 is 0 Å². The zero-order chi connectivity index (χ0) is 19.1. The van der Waals surface area contributed by atoms with Crippen LogP contribution < -0.4 is 10.3 Å². The third kappa shape index (κ3) is 3.38. The highest BCUT2D eigenvalue weighted by Crippen LogP contribution is 2.22. The largest absolute Gasteiger partial charge is 0.285 e. The first-order valence-electron chi connectivity index (χ1n) is 9.13. The first-order valence-corrected chi connectivity index (χ1v) is 10.6. The third-order valence-corrected chi connectivity index (χ3v) is 6.78. The van der Waals surface area contributed by atoms with Gasteiger partial charge in [-0.05, 0) is 49.9 Å². The molecule has 1 N–H and O–H groups in total. The molecule has 1 heterocycles. The van der Waals surface area contributed by atoms with Gasteiger partial charge in [0.1, 0.15) is 0 Å². The second-order valence-electron chi connectivity index (χ2n) is 7.39. The van der Waals surface area contributed by atoms with Crippen molar-refractivity contribution in [2.75, 3.05) is 0 Å². The van der Waals surface area contributed by atoms with Crippen LogP contribution in [0.15, 0.2) is 34.0 Å². The molecule has 7 heteroatoms. The topological polar surface area (TPSA) is 73.1 Å². The van der Waals surface area contributed by atoms with Crippen LogP contribution in [0, 0.1) is 6.92 Å². The Morgan fingerprint density at radius 2 is 1.69 bits per heavy atom. The molecule has 0 amide bonds. The lowest BCUT2D eigenvalue weighted by Gasteiger charge is -2.13. The number of rotatable bonds is 5. The fourth-order valence-corrected chi connectivity index (χ4v) is 5.09. The minimum Gasteiger partial charge on any atom is -0.285 e. The summed E-state index contributed by atoms with van der Waals surface area (Å²) in [6.07, 6.45) is 3.93. The smallest absolute Gasteiger partial charge is 0.275 e. The van der Waals surface area contributed by atoms with Gasteiger partial charge in [0.25, 0.3) is 5.56 Å². The summed E-state index contributed by atoms with van der Waals surface area (Å²) in [6.45, 7) is 5.93. The van der Waals surface area contributed by atoms with Gasteiger partial charge in [-0.25, -0.2) is 17.8 Å². The minimum absolute atomic E-state index is 0.0337. The van der Waals surface area contributed by atoms with E-state index in [0.717, 1.165) is 36.9 Å². The van der Waals surface area contributed by atoms with Gasteiger partial charge in [0.2, 0.25) is 10.0 Å². The molecule has 26 heavy (non-hydrogen) atoms. The number of benzene rings is 1. The first kappa shape index (κ1) is 18.9. The van der Waals surface area contributed by atoms with Crippen molar-refractivity contribution >= 4 is 10.0 Å². The Bertz CT molecular complexity index is 947. The SMILES string of the molecule is Cc1c(C(C)C)c(=O)n(-c2ccc(S(=O)(=O)NC3CCCC3)cc2)n1C. The fourth-order valence-electron chi connectivity index (χ4n) is 3.78. The van der Waals surface area contributed by atoms with E-state index in [0.29, 0.717) is 5.69 Å². The van der Waals surface area contributed by atoms with Gasteiger partial charge in [0, 0.05) is 24.3 Å². The molecule has 0 aliphatic heterocycles. The van der Waals surface area contributed by atoms with Crippen molar-refractivity contribution < 1.29 is 8.42 Å². The zero-order valence-corrected chi connectivity index (χ0v) is 16.6. The van der Waals surface area contributed by atoms with Crippen molar-refractivity contribution in [3.8, 4) is 5.69 Å². The molecule has 6 nitrogen and oxygen atoms in total. The summed E-state index contributed by atoms with van der Waals surface area (Å²) in [6, 6.07) is 6.54. The zero-order valence-electron chi connectivity index (χ0n) is 15.8. The van der Waals surface area contributed by atoms with Gasteiger partial charge in [0.05, 0.1) is 10.6 Å². The van der Waals surface area contributed by atoms with Crippen LogP contribution in [0.3, 0.4) is 0 Å². The Hall–Kier alpha value is -1.86. The van der Waals surface area contributed by atoms with E-state index in [1.54, 1.807) is 28.9 Å². The molecule has 1 saturated carbocycles. The van der Waals surface area contributed by atoms with Crippen LogP contribution in [0.2, 0.25) is 0 Å².